The maximum absolute atomic E-state index is 9.38. The van der Waals surface area contributed by atoms with Gasteiger partial charge in [-0.2, -0.15) is 0 Å². The molecule has 2 aromatic heterocycles. The minimum Gasteiger partial charge on any atom is -0.508 e. The van der Waals surface area contributed by atoms with Crippen molar-refractivity contribution in [3.8, 4) is 5.75 Å². The molecule has 90 valence electrons. The summed E-state index contributed by atoms with van der Waals surface area (Å²) >= 11 is 0. The van der Waals surface area contributed by atoms with Gasteiger partial charge in [-0.15, -0.1) is 0 Å². The zero-order chi connectivity index (χ0) is 12.4. The van der Waals surface area contributed by atoms with Gasteiger partial charge in [0.1, 0.15) is 17.2 Å². The molecule has 3 N–H and O–H groups in total. The fourth-order valence-corrected chi connectivity index (χ4v) is 1.89. The summed E-state index contributed by atoms with van der Waals surface area (Å²) in [5.41, 5.74) is 1.89. The van der Waals surface area contributed by atoms with E-state index in [1.165, 1.54) is 0 Å². The number of phenolic OH excluding ortho intramolecular Hbond substituents is 1. The van der Waals surface area contributed by atoms with Crippen molar-refractivity contribution in [2.75, 3.05) is 5.32 Å². The van der Waals surface area contributed by atoms with Gasteiger partial charge in [-0.3, -0.25) is 0 Å². The number of aromatic hydroxyl groups is 1. The summed E-state index contributed by atoms with van der Waals surface area (Å²) < 4.78 is 0. The fraction of sp³-hybridized carbons (Fsp3) is 0.0714. The van der Waals surface area contributed by atoms with Crippen molar-refractivity contribution in [3.63, 3.8) is 0 Å². The van der Waals surface area contributed by atoms with E-state index in [0.717, 1.165) is 22.4 Å². The van der Waals surface area contributed by atoms with Crippen LogP contribution in [0, 0.1) is 0 Å². The third kappa shape index (κ3) is 2.13. The van der Waals surface area contributed by atoms with E-state index in [1.807, 2.05) is 36.5 Å². The van der Waals surface area contributed by atoms with Gasteiger partial charge >= 0.3 is 0 Å². The van der Waals surface area contributed by atoms with Crippen LogP contribution in [0.2, 0.25) is 0 Å². The average molecular weight is 239 g/mol. The molecule has 3 rings (SSSR count). The lowest BCUT2D eigenvalue weighted by atomic mass is 10.2. The van der Waals surface area contributed by atoms with Crippen LogP contribution in [0.5, 0.6) is 5.75 Å². The van der Waals surface area contributed by atoms with Crippen LogP contribution in [0.1, 0.15) is 5.56 Å². The van der Waals surface area contributed by atoms with Crippen LogP contribution < -0.4 is 5.32 Å². The van der Waals surface area contributed by atoms with Gasteiger partial charge in [-0.05, 0) is 35.9 Å². The lowest BCUT2D eigenvalue weighted by Gasteiger charge is -2.06. The number of pyridine rings is 1. The maximum Gasteiger partial charge on any atom is 0.139 e. The topological polar surface area (TPSA) is 60.9 Å². The normalized spacial score (nSPS) is 10.7. The molecule has 0 aliphatic rings. The first kappa shape index (κ1) is 10.7. The van der Waals surface area contributed by atoms with Crippen LogP contribution in [-0.4, -0.2) is 15.1 Å². The molecular formula is C14H13N3O. The monoisotopic (exact) mass is 239 g/mol. The number of anilines is 1. The molecule has 0 saturated carbocycles. The summed E-state index contributed by atoms with van der Waals surface area (Å²) in [7, 11) is 0. The molecule has 3 aromatic rings. The Hall–Kier alpha value is -2.49. The number of nitrogens with one attached hydrogen (secondary N) is 2. The average Bonchev–Trinajstić information content (AvgIpc) is 2.84. The largest absolute Gasteiger partial charge is 0.508 e. The molecule has 0 fully saturated rings. The number of fused-ring (bicyclic) bond motifs is 1. The van der Waals surface area contributed by atoms with E-state index in [-0.39, 0.29) is 5.75 Å². The van der Waals surface area contributed by atoms with E-state index >= 15 is 0 Å². The van der Waals surface area contributed by atoms with Gasteiger partial charge in [0.2, 0.25) is 0 Å². The Morgan fingerprint density at radius 3 is 3.00 bits per heavy atom. The molecule has 0 unspecified atom stereocenters. The molecule has 0 saturated heterocycles. The maximum atomic E-state index is 9.38. The molecule has 0 bridgehead atoms. The Labute approximate surface area is 104 Å². The number of aromatic nitrogens is 2. The second-order valence-electron chi connectivity index (χ2n) is 4.14. The number of nitrogens with zero attached hydrogens (tertiary/aromatic N) is 1. The highest BCUT2D eigenvalue weighted by Gasteiger charge is 1.99. The van der Waals surface area contributed by atoms with Gasteiger partial charge in [-0.25, -0.2) is 4.98 Å². The molecule has 0 radical (unpaired) electrons. The van der Waals surface area contributed by atoms with Gasteiger partial charge in [0, 0.05) is 18.1 Å². The van der Waals surface area contributed by atoms with E-state index in [9.17, 15) is 5.11 Å². The van der Waals surface area contributed by atoms with Crippen molar-refractivity contribution in [1.29, 1.82) is 0 Å². The third-order valence-corrected chi connectivity index (χ3v) is 2.79. The predicted octanol–water partition coefficient (Wildman–Crippen LogP) is 2.88. The van der Waals surface area contributed by atoms with Crippen LogP contribution in [0.15, 0.2) is 48.7 Å². The number of hydrogen-bond donors (Lipinski definition) is 3. The minimum absolute atomic E-state index is 0.280. The summed E-state index contributed by atoms with van der Waals surface area (Å²) in [6.07, 6.45) is 1.87. The number of H-pyrrole nitrogens is 1. The van der Waals surface area contributed by atoms with Crippen LogP contribution in [0.3, 0.4) is 0 Å². The van der Waals surface area contributed by atoms with Gasteiger partial charge in [0.05, 0.1) is 0 Å². The van der Waals surface area contributed by atoms with Crippen LogP contribution in [0.25, 0.3) is 11.0 Å². The van der Waals surface area contributed by atoms with Crippen molar-refractivity contribution in [3.05, 3.63) is 54.2 Å². The summed E-state index contributed by atoms with van der Waals surface area (Å²) in [5, 5.41) is 13.7. The first-order valence-electron chi connectivity index (χ1n) is 5.77. The Morgan fingerprint density at radius 2 is 2.11 bits per heavy atom. The quantitative estimate of drug-likeness (QED) is 0.658. The molecule has 1 aromatic carbocycles. The van der Waals surface area contributed by atoms with Gasteiger partial charge in [-0.1, -0.05) is 12.1 Å². The Balaban J connectivity index is 1.76. The Kier molecular flexibility index (Phi) is 2.61. The number of aromatic amines is 1. The molecular weight excluding hydrogens is 226 g/mol. The molecule has 0 aliphatic carbocycles. The standard InChI is InChI=1S/C14H13N3O/c18-12-3-1-2-10(8-12)9-16-13-5-4-11-6-7-15-14(11)17-13/h1-8,18H,9H2,(H2,15,16,17). The highest BCUT2D eigenvalue weighted by Crippen LogP contribution is 2.15. The second-order valence-corrected chi connectivity index (χ2v) is 4.14. The van der Waals surface area contributed by atoms with E-state index in [0.29, 0.717) is 6.54 Å². The SMILES string of the molecule is Oc1cccc(CNc2ccc3cc[nH]c3n2)c1. The van der Waals surface area contributed by atoms with Gasteiger partial charge in [0.15, 0.2) is 0 Å². The summed E-state index contributed by atoms with van der Waals surface area (Å²) in [5.74, 6) is 1.09. The summed E-state index contributed by atoms with van der Waals surface area (Å²) in [6.45, 7) is 0.633. The number of phenols is 1. The third-order valence-electron chi connectivity index (χ3n) is 2.79. The van der Waals surface area contributed by atoms with E-state index in [2.05, 4.69) is 15.3 Å². The van der Waals surface area contributed by atoms with Gasteiger partial charge < -0.3 is 15.4 Å². The summed E-state index contributed by atoms with van der Waals surface area (Å²) in [4.78, 5) is 7.52. The molecule has 4 nitrogen and oxygen atoms in total. The Bertz CT molecular complexity index is 675. The van der Waals surface area contributed by atoms with Gasteiger partial charge in [0.25, 0.3) is 0 Å². The van der Waals surface area contributed by atoms with E-state index < -0.39 is 0 Å². The summed E-state index contributed by atoms with van der Waals surface area (Å²) in [6, 6.07) is 13.1. The molecule has 0 amide bonds. The highest BCUT2D eigenvalue weighted by molar-refractivity contribution is 5.77. The number of hydrogen-bond acceptors (Lipinski definition) is 3. The van der Waals surface area contributed by atoms with Crippen LogP contribution in [-0.2, 0) is 6.54 Å². The zero-order valence-electron chi connectivity index (χ0n) is 9.72. The smallest absolute Gasteiger partial charge is 0.139 e. The van der Waals surface area contributed by atoms with Crippen LogP contribution in [0.4, 0.5) is 5.82 Å². The predicted molar refractivity (Wildman–Crippen MR) is 71.5 cm³/mol. The molecule has 0 aliphatic heterocycles. The number of benzene rings is 1. The number of rotatable bonds is 3. The van der Waals surface area contributed by atoms with E-state index in [1.54, 1.807) is 12.1 Å². The van der Waals surface area contributed by atoms with Crippen molar-refractivity contribution in [2.45, 2.75) is 6.54 Å². The molecule has 4 heteroatoms. The van der Waals surface area contributed by atoms with Crippen LogP contribution >= 0.6 is 0 Å². The van der Waals surface area contributed by atoms with E-state index in [4.69, 9.17) is 0 Å². The lowest BCUT2D eigenvalue weighted by Crippen LogP contribution is -2.00. The highest BCUT2D eigenvalue weighted by atomic mass is 16.3. The zero-order valence-corrected chi connectivity index (χ0v) is 9.72. The lowest BCUT2D eigenvalue weighted by molar-refractivity contribution is 0.474. The Morgan fingerprint density at radius 1 is 1.17 bits per heavy atom. The minimum atomic E-state index is 0.280. The molecule has 0 spiro atoms. The fourth-order valence-electron chi connectivity index (χ4n) is 1.89. The van der Waals surface area contributed by atoms with Crippen molar-refractivity contribution < 1.29 is 5.11 Å². The van der Waals surface area contributed by atoms with Crippen molar-refractivity contribution in [1.82, 2.24) is 9.97 Å². The molecule has 18 heavy (non-hydrogen) atoms. The first-order chi connectivity index (χ1) is 8.81. The molecule has 0 atom stereocenters. The first-order valence-corrected chi connectivity index (χ1v) is 5.77. The molecule has 2 heterocycles. The van der Waals surface area contributed by atoms with Crippen molar-refractivity contribution >= 4 is 16.9 Å². The second kappa shape index (κ2) is 4.41. The van der Waals surface area contributed by atoms with Crippen molar-refractivity contribution in [2.24, 2.45) is 0 Å².